The Hall–Kier alpha value is -0.730. The lowest BCUT2D eigenvalue weighted by molar-refractivity contribution is 0.694. The highest BCUT2D eigenvalue weighted by molar-refractivity contribution is 6.35. The Labute approximate surface area is 128 Å². The lowest BCUT2D eigenvalue weighted by atomic mass is 9.92. The Morgan fingerprint density at radius 2 is 1.53 bits per heavy atom. The number of hydrogen-bond donors (Lipinski definition) is 1. The van der Waals surface area contributed by atoms with E-state index in [2.05, 4.69) is 0 Å². The van der Waals surface area contributed by atoms with Crippen molar-refractivity contribution >= 4 is 34.8 Å². The van der Waals surface area contributed by atoms with E-state index in [1.807, 2.05) is 36.4 Å². The zero-order valence-corrected chi connectivity index (χ0v) is 12.5. The van der Waals surface area contributed by atoms with Crippen molar-refractivity contribution < 1.29 is 0 Å². The van der Waals surface area contributed by atoms with Gasteiger partial charge in [0.1, 0.15) is 0 Å². The number of nitrogens with two attached hydrogens (primary N) is 1. The van der Waals surface area contributed by atoms with Crippen molar-refractivity contribution in [3.63, 3.8) is 0 Å². The van der Waals surface area contributed by atoms with Crippen LogP contribution in [0.1, 0.15) is 17.0 Å². The molecule has 1 unspecified atom stereocenters. The van der Waals surface area contributed by atoms with Crippen LogP contribution in [0.5, 0.6) is 0 Å². The average molecular weight is 315 g/mol. The number of halogens is 3. The maximum Gasteiger partial charge on any atom is 0.0456 e. The van der Waals surface area contributed by atoms with E-state index < -0.39 is 0 Å². The van der Waals surface area contributed by atoms with E-state index in [-0.39, 0.29) is 5.92 Å². The van der Waals surface area contributed by atoms with Crippen LogP contribution in [0.15, 0.2) is 42.5 Å². The molecule has 1 nitrogen and oxygen atoms in total. The minimum absolute atomic E-state index is 0.172. The lowest BCUT2D eigenvalue weighted by Crippen LogP contribution is -2.15. The molecule has 0 aliphatic heterocycles. The highest BCUT2D eigenvalue weighted by atomic mass is 35.5. The van der Waals surface area contributed by atoms with Crippen molar-refractivity contribution in [3.8, 4) is 0 Å². The van der Waals surface area contributed by atoms with Crippen molar-refractivity contribution in [2.45, 2.75) is 12.3 Å². The monoisotopic (exact) mass is 313 g/mol. The second kappa shape index (κ2) is 6.62. The summed E-state index contributed by atoms with van der Waals surface area (Å²) in [5, 5.41) is 2.03. The van der Waals surface area contributed by atoms with E-state index in [4.69, 9.17) is 40.5 Å². The van der Waals surface area contributed by atoms with Crippen molar-refractivity contribution in [1.82, 2.24) is 0 Å². The van der Waals surface area contributed by atoms with Crippen LogP contribution in [0, 0.1) is 0 Å². The summed E-state index contributed by atoms with van der Waals surface area (Å²) in [6.45, 7) is 0.532. The van der Waals surface area contributed by atoms with Crippen LogP contribution >= 0.6 is 34.8 Å². The average Bonchev–Trinajstić information content (AvgIpc) is 2.39. The van der Waals surface area contributed by atoms with Crippen molar-refractivity contribution in [2.24, 2.45) is 5.73 Å². The molecule has 0 heterocycles. The molecular formula is C15H14Cl3N. The van der Waals surface area contributed by atoms with Gasteiger partial charge in [-0.2, -0.15) is 0 Å². The van der Waals surface area contributed by atoms with Gasteiger partial charge in [0.15, 0.2) is 0 Å². The Bertz CT molecular complexity index is 552. The SMILES string of the molecule is NCC(Cc1ccc(Cl)cc1)c1ccc(Cl)cc1Cl. The maximum absolute atomic E-state index is 6.23. The van der Waals surface area contributed by atoms with Crippen LogP contribution in [0.2, 0.25) is 15.1 Å². The van der Waals surface area contributed by atoms with Gasteiger partial charge in [-0.15, -0.1) is 0 Å². The van der Waals surface area contributed by atoms with Crippen LogP contribution in [-0.2, 0) is 6.42 Å². The molecule has 1 atom stereocenters. The predicted octanol–water partition coefficient (Wildman–Crippen LogP) is 4.93. The van der Waals surface area contributed by atoms with Crippen LogP contribution < -0.4 is 5.73 Å². The molecule has 0 radical (unpaired) electrons. The van der Waals surface area contributed by atoms with Crippen molar-refractivity contribution in [1.29, 1.82) is 0 Å². The first-order valence-corrected chi connectivity index (χ1v) is 7.13. The molecule has 0 aliphatic rings. The Morgan fingerprint density at radius 1 is 0.895 bits per heavy atom. The molecule has 2 N–H and O–H groups in total. The van der Waals surface area contributed by atoms with Gasteiger partial charge in [0.2, 0.25) is 0 Å². The molecule has 0 aliphatic carbocycles. The summed E-state index contributed by atoms with van der Waals surface area (Å²) < 4.78 is 0. The second-order valence-electron chi connectivity index (χ2n) is 4.43. The fourth-order valence-electron chi connectivity index (χ4n) is 2.06. The first-order chi connectivity index (χ1) is 9.10. The van der Waals surface area contributed by atoms with Gasteiger partial charge >= 0.3 is 0 Å². The van der Waals surface area contributed by atoms with E-state index in [0.29, 0.717) is 16.6 Å². The third-order valence-corrected chi connectivity index (χ3v) is 3.90. The standard InChI is InChI=1S/C15H14Cl3N/c16-12-3-1-10(2-4-12)7-11(9-19)14-6-5-13(17)8-15(14)18/h1-6,8,11H,7,9,19H2. The molecule has 0 saturated carbocycles. The zero-order valence-electron chi connectivity index (χ0n) is 10.2. The molecule has 0 bridgehead atoms. The lowest BCUT2D eigenvalue weighted by Gasteiger charge is -2.17. The van der Waals surface area contributed by atoms with E-state index in [0.717, 1.165) is 17.0 Å². The predicted molar refractivity (Wildman–Crippen MR) is 83.4 cm³/mol. The van der Waals surface area contributed by atoms with Crippen LogP contribution in [0.25, 0.3) is 0 Å². The largest absolute Gasteiger partial charge is 0.330 e. The fourth-order valence-corrected chi connectivity index (χ4v) is 2.75. The van der Waals surface area contributed by atoms with E-state index in [1.165, 1.54) is 5.56 Å². The topological polar surface area (TPSA) is 26.0 Å². The van der Waals surface area contributed by atoms with Gasteiger partial charge in [-0.25, -0.2) is 0 Å². The van der Waals surface area contributed by atoms with Gasteiger partial charge in [-0.1, -0.05) is 53.0 Å². The summed E-state index contributed by atoms with van der Waals surface area (Å²) in [6.07, 6.45) is 0.828. The Morgan fingerprint density at radius 3 is 2.11 bits per heavy atom. The minimum atomic E-state index is 0.172. The summed E-state index contributed by atoms with van der Waals surface area (Å²) in [5.74, 6) is 0.172. The van der Waals surface area contributed by atoms with Crippen LogP contribution in [0.3, 0.4) is 0 Å². The van der Waals surface area contributed by atoms with Crippen molar-refractivity contribution in [2.75, 3.05) is 6.54 Å². The molecule has 0 aromatic heterocycles. The highest BCUT2D eigenvalue weighted by Crippen LogP contribution is 2.29. The summed E-state index contributed by atoms with van der Waals surface area (Å²) in [4.78, 5) is 0. The third kappa shape index (κ3) is 3.87. The van der Waals surface area contributed by atoms with E-state index in [9.17, 15) is 0 Å². The van der Waals surface area contributed by atoms with Gasteiger partial charge in [0.05, 0.1) is 0 Å². The normalized spacial score (nSPS) is 12.4. The van der Waals surface area contributed by atoms with Gasteiger partial charge in [-0.3, -0.25) is 0 Å². The molecule has 0 amide bonds. The minimum Gasteiger partial charge on any atom is -0.330 e. The quantitative estimate of drug-likeness (QED) is 0.850. The molecular weight excluding hydrogens is 301 g/mol. The molecule has 2 rings (SSSR count). The first kappa shape index (κ1) is 14.7. The molecule has 0 spiro atoms. The summed E-state index contributed by atoms with van der Waals surface area (Å²) >= 11 is 18.0. The summed E-state index contributed by atoms with van der Waals surface area (Å²) in [7, 11) is 0. The van der Waals surface area contributed by atoms with E-state index >= 15 is 0 Å². The molecule has 4 heteroatoms. The maximum atomic E-state index is 6.23. The van der Waals surface area contributed by atoms with Gasteiger partial charge in [0.25, 0.3) is 0 Å². The van der Waals surface area contributed by atoms with E-state index in [1.54, 1.807) is 6.07 Å². The van der Waals surface area contributed by atoms with Crippen LogP contribution in [0.4, 0.5) is 0 Å². The smallest absolute Gasteiger partial charge is 0.0456 e. The van der Waals surface area contributed by atoms with Gasteiger partial charge in [0, 0.05) is 21.0 Å². The fraction of sp³-hybridized carbons (Fsp3) is 0.200. The first-order valence-electron chi connectivity index (χ1n) is 5.99. The van der Waals surface area contributed by atoms with Crippen LogP contribution in [-0.4, -0.2) is 6.54 Å². The second-order valence-corrected chi connectivity index (χ2v) is 5.71. The molecule has 0 fully saturated rings. The molecule has 19 heavy (non-hydrogen) atoms. The number of benzene rings is 2. The zero-order chi connectivity index (χ0) is 13.8. The number of hydrogen-bond acceptors (Lipinski definition) is 1. The van der Waals surface area contributed by atoms with Crippen molar-refractivity contribution in [3.05, 3.63) is 68.7 Å². The number of rotatable bonds is 4. The molecule has 2 aromatic carbocycles. The van der Waals surface area contributed by atoms with Gasteiger partial charge in [-0.05, 0) is 48.4 Å². The molecule has 0 saturated heterocycles. The summed E-state index contributed by atoms with van der Waals surface area (Å²) in [5.41, 5.74) is 8.09. The summed E-state index contributed by atoms with van der Waals surface area (Å²) in [6, 6.07) is 13.3. The third-order valence-electron chi connectivity index (χ3n) is 3.08. The van der Waals surface area contributed by atoms with Gasteiger partial charge < -0.3 is 5.73 Å². The Balaban J connectivity index is 2.22. The Kier molecular flexibility index (Phi) is 5.12. The molecule has 100 valence electrons. The highest BCUT2D eigenvalue weighted by Gasteiger charge is 2.14. The molecule has 2 aromatic rings.